The molecule has 0 bridgehead atoms. The number of hydrogen-bond donors (Lipinski definition) is 4. The van der Waals surface area contributed by atoms with Crippen molar-refractivity contribution in [3.05, 3.63) is 29.8 Å². The molecule has 0 unspecified atom stereocenters. The van der Waals surface area contributed by atoms with Crippen LogP contribution in [0.25, 0.3) is 0 Å². The highest BCUT2D eigenvalue weighted by molar-refractivity contribution is 6.35. The lowest BCUT2D eigenvalue weighted by Crippen LogP contribution is -2.62. The molecule has 80 heavy (non-hydrogen) atoms. The first kappa shape index (κ1) is 64.4. The summed E-state index contributed by atoms with van der Waals surface area (Å²) < 4.78 is 17.3. The third-order valence-corrected chi connectivity index (χ3v) is 16.3. The average molecular weight is 1120 g/mol. The second kappa shape index (κ2) is 27.8. The number of Topliss-reactive ketones (excluding diaryl/α,β-unsaturated/α-hetero) is 2. The van der Waals surface area contributed by atoms with E-state index in [1.807, 2.05) is 27.7 Å². The number of hydrogen-bond acceptors (Lipinski definition) is 15. The van der Waals surface area contributed by atoms with Crippen molar-refractivity contribution in [1.29, 1.82) is 0 Å². The number of cyclic esters (lactones) is 2. The van der Waals surface area contributed by atoms with Gasteiger partial charge in [-0.15, -0.1) is 0 Å². The number of fused-ring (bicyclic) bond motifs is 1. The van der Waals surface area contributed by atoms with Crippen LogP contribution >= 0.6 is 0 Å². The number of benzene rings is 1. The number of carbonyl (C=O) groups excluding carboxylic acids is 11. The lowest BCUT2D eigenvalue weighted by atomic mass is 9.91. The molecule has 1 aromatic carbocycles. The maximum absolute atomic E-state index is 15.1. The number of esters is 2. The molecule has 12 atom stereocenters. The molecule has 5 rings (SSSR count). The summed E-state index contributed by atoms with van der Waals surface area (Å²) in [6, 6.07) is -1.17. The Labute approximate surface area is 470 Å². The van der Waals surface area contributed by atoms with Gasteiger partial charge in [0, 0.05) is 40.0 Å². The van der Waals surface area contributed by atoms with Crippen LogP contribution in [-0.4, -0.2) is 183 Å². The highest BCUT2D eigenvalue weighted by Crippen LogP contribution is 2.40. The Kier molecular flexibility index (Phi) is 22.4. The van der Waals surface area contributed by atoms with Crippen LogP contribution in [0.1, 0.15) is 140 Å². The van der Waals surface area contributed by atoms with Gasteiger partial charge < -0.3 is 54.9 Å². The summed E-state index contributed by atoms with van der Waals surface area (Å²) in [4.78, 5) is 162. The third kappa shape index (κ3) is 14.9. The van der Waals surface area contributed by atoms with Gasteiger partial charge in [-0.2, -0.15) is 0 Å². The fraction of sp³-hybridized carbons (Fsp3) is 0.707. The van der Waals surface area contributed by atoms with E-state index in [1.54, 1.807) is 52.0 Å². The van der Waals surface area contributed by atoms with Crippen molar-refractivity contribution in [3.63, 3.8) is 0 Å². The molecule has 1 aromatic rings. The fourth-order valence-corrected chi connectivity index (χ4v) is 11.5. The van der Waals surface area contributed by atoms with Crippen molar-refractivity contribution >= 4 is 64.9 Å². The van der Waals surface area contributed by atoms with Crippen LogP contribution in [0.4, 0.5) is 0 Å². The zero-order valence-corrected chi connectivity index (χ0v) is 49.0. The van der Waals surface area contributed by atoms with E-state index in [0.29, 0.717) is 30.6 Å². The molecule has 4 N–H and O–H groups in total. The number of nitrogens with zero attached hydrogens (tertiary/aromatic N) is 4. The van der Waals surface area contributed by atoms with Crippen molar-refractivity contribution in [2.75, 3.05) is 33.8 Å². The predicted octanol–water partition coefficient (Wildman–Crippen LogP) is 2.67. The Morgan fingerprint density at radius 2 is 1.51 bits per heavy atom. The summed E-state index contributed by atoms with van der Waals surface area (Å²) in [6.45, 7) is 18.3. The summed E-state index contributed by atoms with van der Waals surface area (Å²) in [6.07, 6.45) is -3.48. The summed E-state index contributed by atoms with van der Waals surface area (Å²) >= 11 is 0. The van der Waals surface area contributed by atoms with Crippen LogP contribution in [0.5, 0.6) is 5.75 Å². The highest BCUT2D eigenvalue weighted by atomic mass is 16.6. The molecular formula is C58H87N7O15. The quantitative estimate of drug-likeness (QED) is 0.118. The van der Waals surface area contributed by atoms with Gasteiger partial charge in [-0.05, 0) is 100 Å². The molecule has 7 amide bonds. The zero-order valence-electron chi connectivity index (χ0n) is 49.0. The second-order valence-electron chi connectivity index (χ2n) is 23.5. The maximum atomic E-state index is 15.1. The first-order valence-electron chi connectivity index (χ1n) is 28.4. The van der Waals surface area contributed by atoms with Crippen molar-refractivity contribution in [3.8, 4) is 5.75 Å². The molecule has 444 valence electrons. The van der Waals surface area contributed by atoms with E-state index in [0.717, 1.165) is 6.92 Å². The standard InChI is InChI=1S/C58H87N7O15/c1-14-34(8)46-44(67)30-45(68)80-49(33(6)7)48(69)35(9)50(70)59-40(27-31(2)3)54(74)63-24-15-17-41(63)55(75)62(12)43(29-38-18-20-39(78-13)21-19-38)56(76)79-37(11)47(52(72)60-46)61-51(71)42(28-32(4)5)64-26-23-58(57(64)77)22-16-25-65(58)53(73)36(10)66/h18-21,31-35,37,40-44,46-47,49,67H,14-17,22-30H2,1-13H3,(H,59,70)(H,60,72)(H,61,71)/t34-,35-,37-,40+,41-,42+,43-,44+,46-,47-,49+,58+/m0/s1. The van der Waals surface area contributed by atoms with Gasteiger partial charge in [-0.25, -0.2) is 4.79 Å². The van der Waals surface area contributed by atoms with E-state index in [2.05, 4.69) is 16.0 Å². The van der Waals surface area contributed by atoms with Gasteiger partial charge in [0.25, 0.3) is 5.91 Å². The molecular weight excluding hydrogens is 1030 g/mol. The molecule has 1 spiro atoms. The second-order valence-corrected chi connectivity index (χ2v) is 23.5. The molecule has 0 aromatic heterocycles. The molecule has 4 aliphatic rings. The topological polar surface area (TPSA) is 285 Å². The van der Waals surface area contributed by atoms with Gasteiger partial charge in [0.2, 0.25) is 41.2 Å². The van der Waals surface area contributed by atoms with E-state index >= 15 is 9.59 Å². The number of likely N-dealkylation sites (N-methyl/N-ethyl adjacent to an activating group) is 1. The summed E-state index contributed by atoms with van der Waals surface area (Å²) in [5, 5.41) is 20.2. The van der Waals surface area contributed by atoms with Crippen molar-refractivity contribution in [1.82, 2.24) is 35.6 Å². The van der Waals surface area contributed by atoms with Crippen molar-refractivity contribution in [2.45, 2.75) is 200 Å². The minimum Gasteiger partial charge on any atom is -0.497 e. The first-order valence-corrected chi connectivity index (χ1v) is 28.4. The molecule has 0 radical (unpaired) electrons. The Balaban J connectivity index is 1.63. The molecule has 4 saturated heterocycles. The van der Waals surface area contributed by atoms with Gasteiger partial charge in [0.1, 0.15) is 47.6 Å². The number of amides is 7. The average Bonchev–Trinajstić information content (AvgIpc) is 4.16. The third-order valence-electron chi connectivity index (χ3n) is 16.3. The lowest BCUT2D eigenvalue weighted by Gasteiger charge is -2.36. The van der Waals surface area contributed by atoms with Crippen molar-refractivity contribution in [2.24, 2.45) is 29.6 Å². The van der Waals surface area contributed by atoms with Crippen LogP contribution < -0.4 is 20.7 Å². The lowest BCUT2D eigenvalue weighted by molar-refractivity contribution is -0.163. The van der Waals surface area contributed by atoms with E-state index in [1.165, 1.54) is 47.6 Å². The van der Waals surface area contributed by atoms with Gasteiger partial charge in [0.05, 0.1) is 31.6 Å². The van der Waals surface area contributed by atoms with E-state index < -0.39 is 149 Å². The normalized spacial score (nSPS) is 28.9. The van der Waals surface area contributed by atoms with Gasteiger partial charge in [-0.3, -0.25) is 47.9 Å². The SMILES string of the molecule is CC[C@H](C)[C@@H]1NC(=O)[C@@H](NC(=O)[C@@H](CC(C)C)N2CC[C@]3(CCCN3C(=O)C(C)=O)C2=O)[C@H](C)OC(=O)[C@H](Cc2ccc(OC)cc2)N(C)C(=O)[C@@H]2CCCN2C(=O)[C@@H](CC(C)C)NC(=O)[C@@H](C)C(=O)[C@@H](C(C)C)OC(=O)C[C@H]1O. The number of methoxy groups -OCH3 is 1. The fourth-order valence-electron chi connectivity index (χ4n) is 11.5. The van der Waals surface area contributed by atoms with Gasteiger partial charge in [-0.1, -0.05) is 73.9 Å². The largest absolute Gasteiger partial charge is 0.497 e. The van der Waals surface area contributed by atoms with Crippen LogP contribution in [0.2, 0.25) is 0 Å². The summed E-state index contributed by atoms with van der Waals surface area (Å²) in [7, 11) is 2.89. The number of ketones is 2. The molecule has 0 saturated carbocycles. The first-order chi connectivity index (χ1) is 37.6. The molecule has 0 aliphatic carbocycles. The highest BCUT2D eigenvalue weighted by Gasteiger charge is 2.57. The molecule has 4 heterocycles. The van der Waals surface area contributed by atoms with Crippen molar-refractivity contribution < 1.29 is 72.1 Å². The molecule has 4 aliphatic heterocycles. The van der Waals surface area contributed by atoms with Gasteiger partial charge in [0.15, 0.2) is 11.9 Å². The maximum Gasteiger partial charge on any atom is 0.329 e. The van der Waals surface area contributed by atoms with E-state index in [-0.39, 0.29) is 70.0 Å². The Hall–Kier alpha value is -6.45. The molecule has 22 heteroatoms. The van der Waals surface area contributed by atoms with Crippen LogP contribution in [0.15, 0.2) is 24.3 Å². The molecule has 22 nitrogen and oxygen atoms in total. The number of carbonyl (C=O) groups is 11. The minimum absolute atomic E-state index is 0.0376. The Morgan fingerprint density at radius 1 is 0.850 bits per heavy atom. The Bertz CT molecular complexity index is 2470. The van der Waals surface area contributed by atoms with Crippen LogP contribution in [0, 0.1) is 29.6 Å². The summed E-state index contributed by atoms with van der Waals surface area (Å²) in [5.41, 5.74) is -0.785. The van der Waals surface area contributed by atoms with Gasteiger partial charge >= 0.3 is 11.9 Å². The number of rotatable bonds is 14. The van der Waals surface area contributed by atoms with Crippen LogP contribution in [0.3, 0.4) is 0 Å². The number of likely N-dealkylation sites (tertiary alicyclic amines) is 2. The van der Waals surface area contributed by atoms with Crippen LogP contribution in [-0.2, 0) is 68.6 Å². The molecule has 4 fully saturated rings. The smallest absolute Gasteiger partial charge is 0.329 e. The van der Waals surface area contributed by atoms with E-state index in [4.69, 9.17) is 14.2 Å². The number of aliphatic hydroxyl groups excluding tert-OH is 1. The number of nitrogens with one attached hydrogen (secondary N) is 3. The van der Waals surface area contributed by atoms with E-state index in [9.17, 15) is 48.3 Å². The summed E-state index contributed by atoms with van der Waals surface area (Å²) in [5.74, 6) is -11.1. The number of aliphatic hydroxyl groups is 1. The predicted molar refractivity (Wildman–Crippen MR) is 292 cm³/mol. The monoisotopic (exact) mass is 1120 g/mol. The Morgan fingerprint density at radius 3 is 2.10 bits per heavy atom. The zero-order chi connectivity index (χ0) is 59.7. The number of ether oxygens (including phenoxy) is 3. The minimum atomic E-state index is -1.76.